The second-order valence-electron chi connectivity index (χ2n) is 6.97. The summed E-state index contributed by atoms with van der Waals surface area (Å²) in [6.45, 7) is 4.75. The number of nitrogens with one attached hydrogen (secondary N) is 2. The Balaban J connectivity index is 1.52. The number of aromatic amines is 1. The number of rotatable bonds is 5. The highest BCUT2D eigenvalue weighted by molar-refractivity contribution is 5.74. The van der Waals surface area contributed by atoms with E-state index in [1.54, 1.807) is 0 Å². The minimum absolute atomic E-state index is 0.0161. The molecule has 1 atom stereocenters. The second kappa shape index (κ2) is 7.72. The average Bonchev–Trinajstić information content (AvgIpc) is 2.95. The van der Waals surface area contributed by atoms with Crippen LogP contribution >= 0.6 is 0 Å². The minimum Gasteiger partial charge on any atom is -0.338 e. The Labute approximate surface area is 149 Å². The molecule has 0 fully saturated rings. The summed E-state index contributed by atoms with van der Waals surface area (Å²) >= 11 is 0. The molecule has 0 spiro atoms. The molecule has 1 heterocycles. The molecular weight excluding hydrogens is 312 g/mol. The Morgan fingerprint density at radius 2 is 2.16 bits per heavy atom. The molecule has 0 radical (unpaired) electrons. The molecule has 2 amide bonds. The molecule has 0 aliphatic heterocycles. The summed E-state index contributed by atoms with van der Waals surface area (Å²) in [5.41, 5.74) is 6.13. The third kappa shape index (κ3) is 3.86. The SMILES string of the molecule is Cc1n[nH]c(C)c1CCCNC(=O)N(C)[C@H]1CCCc2ccccc21. The van der Waals surface area contributed by atoms with Crippen molar-refractivity contribution >= 4 is 6.03 Å². The van der Waals surface area contributed by atoms with Gasteiger partial charge in [0.25, 0.3) is 0 Å². The van der Waals surface area contributed by atoms with Gasteiger partial charge >= 0.3 is 6.03 Å². The number of carbonyl (C=O) groups is 1. The van der Waals surface area contributed by atoms with Gasteiger partial charge in [-0.05, 0) is 62.6 Å². The van der Waals surface area contributed by atoms with Gasteiger partial charge in [0.15, 0.2) is 0 Å². The summed E-state index contributed by atoms with van der Waals surface area (Å²) in [6, 6.07) is 8.70. The number of carbonyl (C=O) groups excluding carboxylic acids is 1. The molecular formula is C20H28N4O. The van der Waals surface area contributed by atoms with Crippen LogP contribution in [-0.2, 0) is 12.8 Å². The first kappa shape index (κ1) is 17.5. The van der Waals surface area contributed by atoms with E-state index < -0.39 is 0 Å². The number of benzene rings is 1. The Kier molecular flexibility index (Phi) is 5.41. The molecule has 1 aromatic carbocycles. The lowest BCUT2D eigenvalue weighted by Crippen LogP contribution is -2.41. The van der Waals surface area contributed by atoms with Crippen LogP contribution in [0.5, 0.6) is 0 Å². The van der Waals surface area contributed by atoms with Gasteiger partial charge in [0, 0.05) is 19.3 Å². The van der Waals surface area contributed by atoms with Crippen LogP contribution in [0.2, 0.25) is 0 Å². The second-order valence-corrected chi connectivity index (χ2v) is 6.97. The highest BCUT2D eigenvalue weighted by Crippen LogP contribution is 2.33. The van der Waals surface area contributed by atoms with E-state index in [1.807, 2.05) is 25.8 Å². The summed E-state index contributed by atoms with van der Waals surface area (Å²) in [7, 11) is 1.91. The van der Waals surface area contributed by atoms with Gasteiger partial charge in [-0.2, -0.15) is 5.10 Å². The molecule has 0 bridgehead atoms. The van der Waals surface area contributed by atoms with Crippen LogP contribution in [-0.4, -0.2) is 34.7 Å². The Bertz CT molecular complexity index is 718. The third-order valence-corrected chi connectivity index (χ3v) is 5.29. The number of fused-ring (bicyclic) bond motifs is 1. The number of aromatic nitrogens is 2. The van der Waals surface area contributed by atoms with Gasteiger partial charge in [-0.3, -0.25) is 5.10 Å². The number of amides is 2. The van der Waals surface area contributed by atoms with E-state index in [9.17, 15) is 4.79 Å². The van der Waals surface area contributed by atoms with Gasteiger partial charge < -0.3 is 10.2 Å². The van der Waals surface area contributed by atoms with E-state index in [0.717, 1.165) is 43.5 Å². The zero-order chi connectivity index (χ0) is 17.8. The van der Waals surface area contributed by atoms with Crippen LogP contribution in [0.3, 0.4) is 0 Å². The van der Waals surface area contributed by atoms with Gasteiger partial charge in [0.2, 0.25) is 0 Å². The van der Waals surface area contributed by atoms with E-state index in [0.29, 0.717) is 6.54 Å². The van der Waals surface area contributed by atoms with E-state index >= 15 is 0 Å². The predicted molar refractivity (Wildman–Crippen MR) is 99.7 cm³/mol. The Morgan fingerprint density at radius 3 is 2.92 bits per heavy atom. The van der Waals surface area contributed by atoms with Gasteiger partial charge in [-0.1, -0.05) is 24.3 Å². The summed E-state index contributed by atoms with van der Waals surface area (Å²) < 4.78 is 0. The Hall–Kier alpha value is -2.30. The molecule has 1 aliphatic carbocycles. The van der Waals surface area contributed by atoms with Crippen molar-refractivity contribution in [3.63, 3.8) is 0 Å². The van der Waals surface area contributed by atoms with Crippen molar-refractivity contribution in [2.45, 2.75) is 52.0 Å². The van der Waals surface area contributed by atoms with Crippen LogP contribution in [0.4, 0.5) is 4.79 Å². The van der Waals surface area contributed by atoms with Crippen molar-refractivity contribution in [2.24, 2.45) is 0 Å². The van der Waals surface area contributed by atoms with Crippen molar-refractivity contribution in [1.82, 2.24) is 20.4 Å². The van der Waals surface area contributed by atoms with Crippen LogP contribution in [0.25, 0.3) is 0 Å². The minimum atomic E-state index is 0.0161. The smallest absolute Gasteiger partial charge is 0.317 e. The van der Waals surface area contributed by atoms with E-state index in [1.165, 1.54) is 16.7 Å². The highest BCUT2D eigenvalue weighted by atomic mass is 16.2. The summed E-state index contributed by atoms with van der Waals surface area (Å²) in [5, 5.41) is 10.3. The van der Waals surface area contributed by atoms with Gasteiger partial charge in [-0.25, -0.2) is 4.79 Å². The maximum absolute atomic E-state index is 12.5. The first-order valence-electron chi connectivity index (χ1n) is 9.17. The fourth-order valence-electron chi connectivity index (χ4n) is 3.80. The number of hydrogen-bond donors (Lipinski definition) is 2. The largest absolute Gasteiger partial charge is 0.338 e. The van der Waals surface area contributed by atoms with Crippen LogP contribution in [0.1, 0.15) is 53.4 Å². The molecule has 25 heavy (non-hydrogen) atoms. The van der Waals surface area contributed by atoms with Crippen molar-refractivity contribution < 1.29 is 4.79 Å². The quantitative estimate of drug-likeness (QED) is 0.816. The predicted octanol–water partition coefficient (Wildman–Crippen LogP) is 3.68. The number of nitrogens with zero attached hydrogens (tertiary/aromatic N) is 2. The van der Waals surface area contributed by atoms with Crippen LogP contribution in [0, 0.1) is 13.8 Å². The molecule has 2 aromatic rings. The lowest BCUT2D eigenvalue weighted by atomic mass is 9.87. The number of H-pyrrole nitrogens is 1. The molecule has 5 nitrogen and oxygen atoms in total. The highest BCUT2D eigenvalue weighted by Gasteiger charge is 2.26. The molecule has 5 heteroatoms. The van der Waals surface area contributed by atoms with Crippen molar-refractivity contribution in [3.8, 4) is 0 Å². The maximum Gasteiger partial charge on any atom is 0.317 e. The molecule has 1 aliphatic rings. The average molecular weight is 340 g/mol. The standard InChI is InChI=1S/C20H28N4O/c1-14-17(15(2)23-22-14)11-7-13-21-20(25)24(3)19-12-6-9-16-8-4-5-10-18(16)19/h4-5,8,10,19H,6-7,9,11-13H2,1-3H3,(H,21,25)(H,22,23)/t19-/m0/s1. The molecule has 0 saturated heterocycles. The maximum atomic E-state index is 12.5. The first-order valence-corrected chi connectivity index (χ1v) is 9.17. The molecule has 0 saturated carbocycles. The van der Waals surface area contributed by atoms with Crippen molar-refractivity contribution in [3.05, 3.63) is 52.3 Å². The van der Waals surface area contributed by atoms with Crippen molar-refractivity contribution in [2.75, 3.05) is 13.6 Å². The first-order chi connectivity index (χ1) is 12.1. The fraction of sp³-hybridized carbons (Fsp3) is 0.500. The molecule has 1 aromatic heterocycles. The summed E-state index contributed by atoms with van der Waals surface area (Å²) in [6.07, 6.45) is 5.14. The topological polar surface area (TPSA) is 61.0 Å². The van der Waals surface area contributed by atoms with Crippen molar-refractivity contribution in [1.29, 1.82) is 0 Å². The number of urea groups is 1. The zero-order valence-electron chi connectivity index (χ0n) is 15.4. The van der Waals surface area contributed by atoms with E-state index in [4.69, 9.17) is 0 Å². The van der Waals surface area contributed by atoms with E-state index in [-0.39, 0.29) is 12.1 Å². The third-order valence-electron chi connectivity index (χ3n) is 5.29. The molecule has 0 unspecified atom stereocenters. The zero-order valence-corrected chi connectivity index (χ0v) is 15.4. The summed E-state index contributed by atoms with van der Waals surface area (Å²) in [4.78, 5) is 14.4. The van der Waals surface area contributed by atoms with Gasteiger partial charge in [0.05, 0.1) is 11.7 Å². The van der Waals surface area contributed by atoms with Gasteiger partial charge in [-0.15, -0.1) is 0 Å². The lowest BCUT2D eigenvalue weighted by Gasteiger charge is -2.33. The van der Waals surface area contributed by atoms with Gasteiger partial charge in [0.1, 0.15) is 0 Å². The Morgan fingerprint density at radius 1 is 1.36 bits per heavy atom. The van der Waals surface area contributed by atoms with Crippen LogP contribution < -0.4 is 5.32 Å². The molecule has 3 rings (SSSR count). The molecule has 134 valence electrons. The number of aryl methyl sites for hydroxylation is 3. The van der Waals surface area contributed by atoms with Crippen LogP contribution in [0.15, 0.2) is 24.3 Å². The summed E-state index contributed by atoms with van der Waals surface area (Å²) in [5.74, 6) is 0. The number of hydrogen-bond acceptors (Lipinski definition) is 2. The van der Waals surface area contributed by atoms with E-state index in [2.05, 4.69) is 39.8 Å². The monoisotopic (exact) mass is 340 g/mol. The molecule has 2 N–H and O–H groups in total. The fourth-order valence-corrected chi connectivity index (χ4v) is 3.80. The lowest BCUT2D eigenvalue weighted by molar-refractivity contribution is 0.184. The normalized spacial score (nSPS) is 16.4.